The maximum atomic E-state index is 11.8. The van der Waals surface area contributed by atoms with E-state index in [0.29, 0.717) is 0 Å². The number of H-pyrrole nitrogens is 1. The second-order valence-electron chi connectivity index (χ2n) is 4.92. The van der Waals surface area contributed by atoms with E-state index in [2.05, 4.69) is 20.8 Å². The Morgan fingerprint density at radius 3 is 2.57 bits per heavy atom. The maximum absolute atomic E-state index is 11.8. The van der Waals surface area contributed by atoms with Crippen molar-refractivity contribution in [2.45, 2.75) is 20.8 Å². The Morgan fingerprint density at radius 1 is 1.24 bits per heavy atom. The number of carbonyl (C=O) groups is 1. The van der Waals surface area contributed by atoms with Crippen LogP contribution in [0, 0.1) is 13.8 Å². The van der Waals surface area contributed by atoms with Crippen molar-refractivity contribution in [3.8, 4) is 0 Å². The van der Waals surface area contributed by atoms with Crippen molar-refractivity contribution < 1.29 is 4.79 Å². The first-order valence-electron chi connectivity index (χ1n) is 6.85. The SMILES string of the molecule is C/C(=N\NC(=O)CNc1ccccc1)c1c(C)c[nH]c1C. The highest BCUT2D eigenvalue weighted by atomic mass is 16.2. The van der Waals surface area contributed by atoms with Gasteiger partial charge in [0.2, 0.25) is 0 Å². The minimum atomic E-state index is -0.177. The summed E-state index contributed by atoms with van der Waals surface area (Å²) in [6.45, 7) is 6.07. The predicted octanol–water partition coefficient (Wildman–Crippen LogP) is 2.58. The summed E-state index contributed by atoms with van der Waals surface area (Å²) in [7, 11) is 0. The van der Waals surface area contributed by atoms with Gasteiger partial charge in [0.05, 0.1) is 12.3 Å². The molecule has 1 heterocycles. The van der Waals surface area contributed by atoms with E-state index in [0.717, 1.165) is 28.2 Å². The number of rotatable bonds is 5. The Kier molecular flexibility index (Phi) is 4.77. The number of hydrazone groups is 1. The normalized spacial score (nSPS) is 11.3. The van der Waals surface area contributed by atoms with Crippen LogP contribution < -0.4 is 10.7 Å². The number of aryl methyl sites for hydroxylation is 2. The number of aromatic amines is 1. The smallest absolute Gasteiger partial charge is 0.259 e. The molecule has 0 fully saturated rings. The summed E-state index contributed by atoms with van der Waals surface area (Å²) in [4.78, 5) is 14.9. The lowest BCUT2D eigenvalue weighted by Gasteiger charge is -2.06. The molecule has 2 aromatic rings. The van der Waals surface area contributed by atoms with E-state index in [4.69, 9.17) is 0 Å². The van der Waals surface area contributed by atoms with E-state index in [1.54, 1.807) is 0 Å². The molecule has 5 heteroatoms. The minimum Gasteiger partial charge on any atom is -0.376 e. The van der Waals surface area contributed by atoms with Crippen LogP contribution in [0.2, 0.25) is 0 Å². The standard InChI is InChI=1S/C16H20N4O/c1-11-9-17-12(2)16(11)13(3)19-20-15(21)10-18-14-7-5-4-6-8-14/h4-9,17-18H,10H2,1-3H3,(H,20,21)/b19-13+. The average molecular weight is 284 g/mol. The van der Waals surface area contributed by atoms with Gasteiger partial charge in [0, 0.05) is 23.1 Å². The van der Waals surface area contributed by atoms with Crippen LogP contribution in [-0.4, -0.2) is 23.1 Å². The van der Waals surface area contributed by atoms with Crippen LogP contribution >= 0.6 is 0 Å². The Balaban J connectivity index is 1.90. The lowest BCUT2D eigenvalue weighted by atomic mass is 10.1. The minimum absolute atomic E-state index is 0.177. The van der Waals surface area contributed by atoms with E-state index >= 15 is 0 Å². The fourth-order valence-electron chi connectivity index (χ4n) is 2.19. The number of hydrogen-bond donors (Lipinski definition) is 3. The quantitative estimate of drug-likeness (QED) is 0.583. The number of carbonyl (C=O) groups excluding carboxylic acids is 1. The van der Waals surface area contributed by atoms with Crippen molar-refractivity contribution in [2.24, 2.45) is 5.10 Å². The zero-order valence-electron chi connectivity index (χ0n) is 12.5. The van der Waals surface area contributed by atoms with Crippen LogP contribution in [0.4, 0.5) is 5.69 Å². The third kappa shape index (κ3) is 3.95. The molecule has 0 atom stereocenters. The summed E-state index contributed by atoms with van der Waals surface area (Å²) in [6.07, 6.45) is 1.93. The number of hydrogen-bond acceptors (Lipinski definition) is 3. The van der Waals surface area contributed by atoms with Gasteiger partial charge in [0.1, 0.15) is 0 Å². The third-order valence-corrected chi connectivity index (χ3v) is 3.21. The number of anilines is 1. The predicted molar refractivity (Wildman–Crippen MR) is 85.6 cm³/mol. The number of para-hydroxylation sites is 1. The first-order valence-corrected chi connectivity index (χ1v) is 6.85. The molecule has 1 amide bonds. The Labute approximate surface area is 124 Å². The zero-order valence-corrected chi connectivity index (χ0v) is 12.5. The molecule has 0 radical (unpaired) electrons. The molecule has 0 aliphatic rings. The molecule has 21 heavy (non-hydrogen) atoms. The first-order chi connectivity index (χ1) is 10.1. The van der Waals surface area contributed by atoms with Gasteiger partial charge in [0.25, 0.3) is 5.91 Å². The van der Waals surface area contributed by atoms with Gasteiger partial charge in [-0.05, 0) is 38.5 Å². The molecular weight excluding hydrogens is 264 g/mol. The Bertz CT molecular complexity index is 624. The molecule has 0 unspecified atom stereocenters. The van der Waals surface area contributed by atoms with Gasteiger partial charge in [-0.2, -0.15) is 5.10 Å². The summed E-state index contributed by atoms with van der Waals surface area (Å²) in [5.41, 5.74) is 7.48. The van der Waals surface area contributed by atoms with Crippen LogP contribution in [0.5, 0.6) is 0 Å². The molecule has 110 valence electrons. The highest BCUT2D eigenvalue weighted by Crippen LogP contribution is 2.12. The number of benzene rings is 1. The maximum Gasteiger partial charge on any atom is 0.259 e. The lowest BCUT2D eigenvalue weighted by Crippen LogP contribution is -2.26. The Hall–Kier alpha value is -2.56. The molecule has 3 N–H and O–H groups in total. The fraction of sp³-hybridized carbons (Fsp3) is 0.250. The van der Waals surface area contributed by atoms with Crippen molar-refractivity contribution in [3.05, 3.63) is 53.3 Å². The summed E-state index contributed by atoms with van der Waals surface area (Å²) in [5, 5.41) is 7.20. The second-order valence-corrected chi connectivity index (χ2v) is 4.92. The van der Waals surface area contributed by atoms with Crippen LogP contribution in [0.25, 0.3) is 0 Å². The molecule has 1 aromatic carbocycles. The van der Waals surface area contributed by atoms with Gasteiger partial charge in [-0.3, -0.25) is 4.79 Å². The molecule has 1 aromatic heterocycles. The fourth-order valence-corrected chi connectivity index (χ4v) is 2.19. The number of nitrogens with zero attached hydrogens (tertiary/aromatic N) is 1. The molecule has 0 saturated heterocycles. The number of amides is 1. The van der Waals surface area contributed by atoms with Crippen LogP contribution in [-0.2, 0) is 4.79 Å². The number of nitrogens with one attached hydrogen (secondary N) is 3. The van der Waals surface area contributed by atoms with E-state index < -0.39 is 0 Å². The summed E-state index contributed by atoms with van der Waals surface area (Å²) < 4.78 is 0. The number of aromatic nitrogens is 1. The molecule has 2 rings (SSSR count). The van der Waals surface area contributed by atoms with Crippen molar-refractivity contribution in [1.82, 2.24) is 10.4 Å². The Morgan fingerprint density at radius 2 is 1.95 bits per heavy atom. The largest absolute Gasteiger partial charge is 0.376 e. The van der Waals surface area contributed by atoms with Crippen LogP contribution in [0.1, 0.15) is 23.7 Å². The van der Waals surface area contributed by atoms with E-state index in [1.807, 2.05) is 57.3 Å². The molecule has 0 aliphatic heterocycles. The highest BCUT2D eigenvalue weighted by molar-refractivity contribution is 6.01. The van der Waals surface area contributed by atoms with Crippen LogP contribution in [0.3, 0.4) is 0 Å². The van der Waals surface area contributed by atoms with E-state index in [9.17, 15) is 4.79 Å². The van der Waals surface area contributed by atoms with Crippen molar-refractivity contribution >= 4 is 17.3 Å². The van der Waals surface area contributed by atoms with Gasteiger partial charge in [-0.25, -0.2) is 5.43 Å². The summed E-state index contributed by atoms with van der Waals surface area (Å²) >= 11 is 0. The van der Waals surface area contributed by atoms with Gasteiger partial charge >= 0.3 is 0 Å². The third-order valence-electron chi connectivity index (χ3n) is 3.21. The summed E-state index contributed by atoms with van der Waals surface area (Å²) in [5.74, 6) is -0.177. The molecule has 0 bridgehead atoms. The van der Waals surface area contributed by atoms with Crippen molar-refractivity contribution in [1.29, 1.82) is 0 Å². The topological polar surface area (TPSA) is 69.3 Å². The van der Waals surface area contributed by atoms with Gasteiger partial charge in [-0.15, -0.1) is 0 Å². The molecule has 5 nitrogen and oxygen atoms in total. The van der Waals surface area contributed by atoms with Gasteiger partial charge < -0.3 is 10.3 Å². The van der Waals surface area contributed by atoms with E-state index in [1.165, 1.54) is 0 Å². The van der Waals surface area contributed by atoms with Crippen molar-refractivity contribution in [2.75, 3.05) is 11.9 Å². The van der Waals surface area contributed by atoms with Crippen molar-refractivity contribution in [3.63, 3.8) is 0 Å². The monoisotopic (exact) mass is 284 g/mol. The average Bonchev–Trinajstić information content (AvgIpc) is 2.83. The zero-order chi connectivity index (χ0) is 15.2. The molecule has 0 aliphatic carbocycles. The summed E-state index contributed by atoms with van der Waals surface area (Å²) in [6, 6.07) is 9.59. The highest BCUT2D eigenvalue weighted by Gasteiger charge is 2.08. The molecule has 0 saturated carbocycles. The van der Waals surface area contributed by atoms with E-state index in [-0.39, 0.29) is 12.5 Å². The lowest BCUT2D eigenvalue weighted by molar-refractivity contribution is -0.119. The molecule has 0 spiro atoms. The van der Waals surface area contributed by atoms with Gasteiger partial charge in [-0.1, -0.05) is 18.2 Å². The van der Waals surface area contributed by atoms with Gasteiger partial charge in [0.15, 0.2) is 0 Å². The second kappa shape index (κ2) is 6.74. The van der Waals surface area contributed by atoms with Crippen LogP contribution in [0.15, 0.2) is 41.6 Å². The molecular formula is C16H20N4O. The first kappa shape index (κ1) is 14.8.